The van der Waals surface area contributed by atoms with Crippen LogP contribution in [-0.4, -0.2) is 35.8 Å². The first-order valence-electron chi connectivity index (χ1n) is 6.58. The Labute approximate surface area is 129 Å². The highest BCUT2D eigenvalue weighted by atomic mass is 35.5. The molecule has 1 amide bonds. The number of carboxylic acid groups (broad SMARTS) is 1. The lowest BCUT2D eigenvalue weighted by atomic mass is 10.00. The van der Waals surface area contributed by atoms with Crippen LogP contribution in [0.2, 0.25) is 0 Å². The van der Waals surface area contributed by atoms with Crippen molar-refractivity contribution in [3.63, 3.8) is 0 Å². The summed E-state index contributed by atoms with van der Waals surface area (Å²) in [6.07, 6.45) is 0.560. The molecule has 116 valence electrons. The second kappa shape index (κ2) is 8.49. The fourth-order valence-electron chi connectivity index (χ4n) is 2.17. The van der Waals surface area contributed by atoms with Crippen LogP contribution in [0.15, 0.2) is 30.3 Å². The molecule has 1 aromatic rings. The predicted molar refractivity (Wildman–Crippen MR) is 79.5 cm³/mol. The van der Waals surface area contributed by atoms with E-state index in [0.29, 0.717) is 19.4 Å². The third-order valence-electron chi connectivity index (χ3n) is 3.24. The minimum Gasteiger partial charge on any atom is -0.480 e. The maximum atomic E-state index is 11.7. The summed E-state index contributed by atoms with van der Waals surface area (Å²) in [5.74, 6) is -0.894. The van der Waals surface area contributed by atoms with E-state index in [2.05, 4.69) is 10.6 Å². The highest BCUT2D eigenvalue weighted by Crippen LogP contribution is 2.09. The molecule has 2 atom stereocenters. The van der Waals surface area contributed by atoms with Gasteiger partial charge in [-0.25, -0.2) is 4.79 Å². The third-order valence-corrected chi connectivity index (χ3v) is 3.24. The Kier molecular flexibility index (Phi) is 6.98. The van der Waals surface area contributed by atoms with Crippen LogP contribution in [-0.2, 0) is 16.1 Å². The largest absolute Gasteiger partial charge is 0.480 e. The number of amides is 1. The zero-order chi connectivity index (χ0) is 14.4. The molecule has 0 bridgehead atoms. The van der Waals surface area contributed by atoms with Gasteiger partial charge in [0.1, 0.15) is 12.6 Å². The number of alkyl carbamates (subject to hydrolysis) is 1. The number of hydrogen-bond donors (Lipinski definition) is 3. The van der Waals surface area contributed by atoms with Crippen molar-refractivity contribution in [2.45, 2.75) is 31.5 Å². The molecule has 1 aromatic carbocycles. The average Bonchev–Trinajstić information content (AvgIpc) is 2.46. The summed E-state index contributed by atoms with van der Waals surface area (Å²) < 4.78 is 5.11. The zero-order valence-corrected chi connectivity index (χ0v) is 12.3. The molecule has 21 heavy (non-hydrogen) atoms. The highest BCUT2D eigenvalue weighted by Gasteiger charge is 2.27. The van der Waals surface area contributed by atoms with E-state index in [-0.39, 0.29) is 25.1 Å². The number of carbonyl (C=O) groups excluding carboxylic acids is 1. The van der Waals surface area contributed by atoms with Crippen LogP contribution >= 0.6 is 12.4 Å². The van der Waals surface area contributed by atoms with E-state index in [9.17, 15) is 9.59 Å². The summed E-state index contributed by atoms with van der Waals surface area (Å²) in [7, 11) is 0. The molecule has 1 saturated heterocycles. The summed E-state index contributed by atoms with van der Waals surface area (Å²) in [6.45, 7) is 0.778. The van der Waals surface area contributed by atoms with Gasteiger partial charge in [0, 0.05) is 6.04 Å². The Morgan fingerprint density at radius 2 is 2.05 bits per heavy atom. The number of carboxylic acids is 1. The number of benzene rings is 1. The quantitative estimate of drug-likeness (QED) is 0.784. The van der Waals surface area contributed by atoms with Crippen LogP contribution in [0.25, 0.3) is 0 Å². The minimum absolute atomic E-state index is 0. The molecule has 3 N–H and O–H groups in total. The molecule has 1 aliphatic rings. The van der Waals surface area contributed by atoms with Crippen molar-refractivity contribution in [2.24, 2.45) is 0 Å². The number of halogens is 1. The summed E-state index contributed by atoms with van der Waals surface area (Å²) in [5.41, 5.74) is 0.913. The Morgan fingerprint density at radius 1 is 1.33 bits per heavy atom. The van der Waals surface area contributed by atoms with E-state index in [0.717, 1.165) is 5.56 Å². The molecule has 0 aliphatic carbocycles. The molecule has 7 heteroatoms. The first-order valence-corrected chi connectivity index (χ1v) is 6.58. The maximum absolute atomic E-state index is 11.7. The molecule has 0 spiro atoms. The van der Waals surface area contributed by atoms with E-state index in [4.69, 9.17) is 9.84 Å². The lowest BCUT2D eigenvalue weighted by molar-refractivity contribution is -0.140. The number of ether oxygens (including phenoxy) is 1. The summed E-state index contributed by atoms with van der Waals surface area (Å²) in [5, 5.41) is 14.5. The van der Waals surface area contributed by atoms with Crippen molar-refractivity contribution in [3.8, 4) is 0 Å². The molecule has 6 nitrogen and oxygen atoms in total. The van der Waals surface area contributed by atoms with Gasteiger partial charge in [0.15, 0.2) is 0 Å². The fourth-order valence-corrected chi connectivity index (χ4v) is 2.17. The van der Waals surface area contributed by atoms with Crippen LogP contribution in [0.3, 0.4) is 0 Å². The molecule has 2 rings (SSSR count). The topological polar surface area (TPSA) is 87.7 Å². The average molecular weight is 315 g/mol. The first-order chi connectivity index (χ1) is 9.65. The summed E-state index contributed by atoms with van der Waals surface area (Å²) in [4.78, 5) is 22.5. The van der Waals surface area contributed by atoms with Gasteiger partial charge < -0.3 is 20.5 Å². The van der Waals surface area contributed by atoms with Crippen LogP contribution in [0.4, 0.5) is 4.79 Å². The number of piperidine rings is 1. The van der Waals surface area contributed by atoms with Crippen molar-refractivity contribution in [1.82, 2.24) is 10.6 Å². The molecule has 0 radical (unpaired) electrons. The standard InChI is InChI=1S/C14H18N2O4.ClH/c17-13(18)12-8-11(6-7-15-12)16-14(19)20-9-10-4-2-1-3-5-10;/h1-5,11-12,15H,6-9H2,(H,16,19)(H,17,18);1H/t11-,12+;/m1./s1. The zero-order valence-electron chi connectivity index (χ0n) is 11.5. The summed E-state index contributed by atoms with van der Waals surface area (Å²) >= 11 is 0. The normalized spacial score (nSPS) is 21.0. The van der Waals surface area contributed by atoms with E-state index in [1.54, 1.807) is 0 Å². The molecular formula is C14H19ClN2O4. The Bertz CT molecular complexity index is 469. The van der Waals surface area contributed by atoms with E-state index in [1.165, 1.54) is 0 Å². The van der Waals surface area contributed by atoms with Gasteiger partial charge in [-0.05, 0) is 24.9 Å². The number of rotatable bonds is 4. The molecule has 0 aromatic heterocycles. The molecule has 1 aliphatic heterocycles. The van der Waals surface area contributed by atoms with Crippen LogP contribution in [0.1, 0.15) is 18.4 Å². The highest BCUT2D eigenvalue weighted by molar-refractivity contribution is 5.85. The Morgan fingerprint density at radius 3 is 2.71 bits per heavy atom. The molecule has 0 unspecified atom stereocenters. The monoisotopic (exact) mass is 314 g/mol. The fraction of sp³-hybridized carbons (Fsp3) is 0.429. The van der Waals surface area contributed by atoms with Crippen LogP contribution in [0, 0.1) is 0 Å². The van der Waals surface area contributed by atoms with Gasteiger partial charge in [-0.2, -0.15) is 0 Å². The number of hydrogen-bond acceptors (Lipinski definition) is 4. The third kappa shape index (κ3) is 5.61. The minimum atomic E-state index is -0.894. The lowest BCUT2D eigenvalue weighted by Crippen LogP contribution is -2.50. The van der Waals surface area contributed by atoms with Crippen molar-refractivity contribution in [2.75, 3.05) is 6.54 Å². The first kappa shape index (κ1) is 17.3. The van der Waals surface area contributed by atoms with Gasteiger partial charge in [0.25, 0.3) is 0 Å². The Hall–Kier alpha value is -1.79. The van der Waals surface area contributed by atoms with Gasteiger partial charge in [0.05, 0.1) is 0 Å². The van der Waals surface area contributed by atoms with E-state index >= 15 is 0 Å². The Balaban J connectivity index is 0.00000220. The molecular weight excluding hydrogens is 296 g/mol. The van der Waals surface area contributed by atoms with Crippen molar-refractivity contribution >= 4 is 24.5 Å². The second-order valence-electron chi connectivity index (χ2n) is 4.77. The van der Waals surface area contributed by atoms with Crippen LogP contribution in [0.5, 0.6) is 0 Å². The summed E-state index contributed by atoms with van der Waals surface area (Å²) in [6, 6.07) is 8.62. The van der Waals surface area contributed by atoms with Gasteiger partial charge in [0.2, 0.25) is 0 Å². The predicted octanol–water partition coefficient (Wildman–Crippen LogP) is 1.54. The molecule has 1 heterocycles. The maximum Gasteiger partial charge on any atom is 0.407 e. The van der Waals surface area contributed by atoms with Crippen molar-refractivity contribution in [3.05, 3.63) is 35.9 Å². The van der Waals surface area contributed by atoms with Crippen LogP contribution < -0.4 is 10.6 Å². The molecule has 0 saturated carbocycles. The van der Waals surface area contributed by atoms with Gasteiger partial charge in [-0.1, -0.05) is 30.3 Å². The van der Waals surface area contributed by atoms with Gasteiger partial charge in [-0.15, -0.1) is 12.4 Å². The SMILES string of the molecule is Cl.O=C(N[C@@H]1CCN[C@H](C(=O)O)C1)OCc1ccccc1. The number of nitrogens with one attached hydrogen (secondary N) is 2. The number of aliphatic carboxylic acids is 1. The second-order valence-corrected chi connectivity index (χ2v) is 4.77. The van der Waals surface area contributed by atoms with Crippen molar-refractivity contribution < 1.29 is 19.4 Å². The smallest absolute Gasteiger partial charge is 0.407 e. The van der Waals surface area contributed by atoms with Gasteiger partial charge in [-0.3, -0.25) is 4.79 Å². The lowest BCUT2D eigenvalue weighted by Gasteiger charge is -2.28. The van der Waals surface area contributed by atoms with E-state index < -0.39 is 18.1 Å². The van der Waals surface area contributed by atoms with Crippen molar-refractivity contribution in [1.29, 1.82) is 0 Å². The van der Waals surface area contributed by atoms with E-state index in [1.807, 2.05) is 30.3 Å². The van der Waals surface area contributed by atoms with Gasteiger partial charge >= 0.3 is 12.1 Å². The molecule has 1 fully saturated rings. The number of carbonyl (C=O) groups is 2.